The highest BCUT2D eigenvalue weighted by atomic mass is 16.5. The molecule has 1 aliphatic heterocycles. The molecule has 0 radical (unpaired) electrons. The van der Waals surface area contributed by atoms with Gasteiger partial charge in [0.1, 0.15) is 11.6 Å². The summed E-state index contributed by atoms with van der Waals surface area (Å²) in [5.74, 6) is 1.93. The summed E-state index contributed by atoms with van der Waals surface area (Å²) in [6, 6.07) is 15.7. The Morgan fingerprint density at radius 2 is 1.93 bits per heavy atom. The van der Waals surface area contributed by atoms with Gasteiger partial charge in [0.15, 0.2) is 0 Å². The van der Waals surface area contributed by atoms with E-state index in [2.05, 4.69) is 10.6 Å². The highest BCUT2D eigenvalue weighted by molar-refractivity contribution is 5.96. The van der Waals surface area contributed by atoms with E-state index in [9.17, 15) is 4.79 Å². The summed E-state index contributed by atoms with van der Waals surface area (Å²) in [5.41, 5.74) is 2.95. The summed E-state index contributed by atoms with van der Waals surface area (Å²) in [4.78, 5) is 19.4. The highest BCUT2D eigenvalue weighted by Crippen LogP contribution is 2.33. The van der Waals surface area contributed by atoms with Gasteiger partial charge in [-0.2, -0.15) is 0 Å². The topological polar surface area (TPSA) is 56.6 Å². The zero-order valence-electron chi connectivity index (χ0n) is 16.3. The second-order valence-electron chi connectivity index (χ2n) is 6.91. The van der Waals surface area contributed by atoms with E-state index in [0.29, 0.717) is 26.2 Å². The quantitative estimate of drug-likeness (QED) is 0.589. The van der Waals surface area contributed by atoms with Crippen LogP contribution in [0.25, 0.3) is 11.0 Å². The third kappa shape index (κ3) is 3.47. The summed E-state index contributed by atoms with van der Waals surface area (Å²) < 4.78 is 13.0. The number of imidazole rings is 1. The Hall–Kier alpha value is -2.86. The number of nitrogens with zero attached hydrogens (tertiary/aromatic N) is 3. The van der Waals surface area contributed by atoms with Crippen LogP contribution >= 0.6 is 0 Å². The van der Waals surface area contributed by atoms with Gasteiger partial charge in [-0.3, -0.25) is 4.79 Å². The van der Waals surface area contributed by atoms with Gasteiger partial charge in [-0.05, 0) is 43.3 Å². The normalized spacial score (nSPS) is 16.9. The van der Waals surface area contributed by atoms with E-state index in [1.807, 2.05) is 54.3 Å². The molecule has 28 heavy (non-hydrogen) atoms. The van der Waals surface area contributed by atoms with Gasteiger partial charge in [0, 0.05) is 37.7 Å². The lowest BCUT2D eigenvalue weighted by molar-refractivity contribution is -0.117. The fourth-order valence-electron chi connectivity index (χ4n) is 3.83. The molecule has 1 amide bonds. The van der Waals surface area contributed by atoms with Crippen LogP contribution in [-0.2, 0) is 16.1 Å². The average Bonchev–Trinajstić information content (AvgIpc) is 3.29. The molecular formula is C22H25N3O3. The predicted octanol–water partition coefficient (Wildman–Crippen LogP) is 3.60. The Kier molecular flexibility index (Phi) is 5.30. The molecule has 0 spiro atoms. The summed E-state index contributed by atoms with van der Waals surface area (Å²) in [7, 11) is 1.64. The minimum Gasteiger partial charge on any atom is -0.497 e. The van der Waals surface area contributed by atoms with Gasteiger partial charge in [-0.1, -0.05) is 12.1 Å². The number of rotatable bonds is 7. The number of carbonyl (C=O) groups excluding carboxylic acids is 1. The number of hydrogen-bond donors (Lipinski definition) is 0. The zero-order valence-corrected chi connectivity index (χ0v) is 16.3. The van der Waals surface area contributed by atoms with Crippen LogP contribution in [0.5, 0.6) is 5.75 Å². The van der Waals surface area contributed by atoms with Crippen molar-refractivity contribution in [3.05, 3.63) is 54.4 Å². The number of anilines is 1. The molecule has 4 rings (SSSR count). The molecule has 1 atom stereocenters. The molecule has 0 aliphatic carbocycles. The number of hydrogen-bond acceptors (Lipinski definition) is 4. The molecule has 2 heterocycles. The number of ether oxygens (including phenoxy) is 2. The molecule has 1 saturated heterocycles. The molecule has 3 aromatic rings. The summed E-state index contributed by atoms with van der Waals surface area (Å²) in [6.45, 7) is 4.68. The first-order valence-electron chi connectivity index (χ1n) is 9.68. The molecule has 6 heteroatoms. The van der Waals surface area contributed by atoms with Crippen LogP contribution < -0.4 is 9.64 Å². The lowest BCUT2D eigenvalue weighted by Gasteiger charge is -2.18. The van der Waals surface area contributed by atoms with E-state index < -0.39 is 0 Å². The van der Waals surface area contributed by atoms with Crippen molar-refractivity contribution in [2.24, 2.45) is 0 Å². The predicted molar refractivity (Wildman–Crippen MR) is 109 cm³/mol. The number of methoxy groups -OCH3 is 1. The van der Waals surface area contributed by atoms with Gasteiger partial charge < -0.3 is 18.9 Å². The first-order chi connectivity index (χ1) is 13.7. The fraction of sp³-hybridized carbons (Fsp3) is 0.364. The van der Waals surface area contributed by atoms with Crippen LogP contribution in [-0.4, -0.2) is 42.3 Å². The summed E-state index contributed by atoms with van der Waals surface area (Å²) in [6.07, 6.45) is 0.462. The third-order valence-electron chi connectivity index (χ3n) is 5.22. The number of amides is 1. The molecule has 2 aromatic carbocycles. The van der Waals surface area contributed by atoms with Gasteiger partial charge in [0.2, 0.25) is 5.91 Å². The number of para-hydroxylation sites is 2. The molecule has 1 fully saturated rings. The monoisotopic (exact) mass is 379 g/mol. The molecule has 6 nitrogen and oxygen atoms in total. The van der Waals surface area contributed by atoms with E-state index in [0.717, 1.165) is 34.8 Å². The van der Waals surface area contributed by atoms with Crippen molar-refractivity contribution >= 4 is 22.6 Å². The van der Waals surface area contributed by atoms with Crippen LogP contribution in [0.3, 0.4) is 0 Å². The van der Waals surface area contributed by atoms with Gasteiger partial charge in [-0.25, -0.2) is 4.98 Å². The fourth-order valence-corrected chi connectivity index (χ4v) is 3.83. The molecule has 0 unspecified atom stereocenters. The zero-order chi connectivity index (χ0) is 19.5. The van der Waals surface area contributed by atoms with Crippen molar-refractivity contribution in [1.29, 1.82) is 0 Å². The van der Waals surface area contributed by atoms with Crippen LogP contribution in [0.2, 0.25) is 0 Å². The number of carbonyl (C=O) groups is 1. The smallest absolute Gasteiger partial charge is 0.227 e. The second-order valence-corrected chi connectivity index (χ2v) is 6.91. The molecule has 146 valence electrons. The van der Waals surface area contributed by atoms with Crippen molar-refractivity contribution in [1.82, 2.24) is 9.55 Å². The van der Waals surface area contributed by atoms with Crippen molar-refractivity contribution in [3.63, 3.8) is 0 Å². The van der Waals surface area contributed by atoms with Gasteiger partial charge in [0.25, 0.3) is 0 Å². The Morgan fingerprint density at radius 1 is 1.14 bits per heavy atom. The van der Waals surface area contributed by atoms with E-state index in [1.54, 1.807) is 7.11 Å². The Balaban J connectivity index is 1.62. The standard InChI is InChI=1S/C22H25N3O3/c1-3-28-13-12-24-20-7-5-4-6-19(20)23-22(24)16-14-21(26)25(15-16)17-8-10-18(27-2)11-9-17/h4-11,16H,3,12-15H2,1-2H3/t16-/m0/s1. The number of fused-ring (bicyclic) bond motifs is 1. The van der Waals surface area contributed by atoms with E-state index in [4.69, 9.17) is 14.5 Å². The Labute approximate surface area is 164 Å². The SMILES string of the molecule is CCOCCn1c([C@H]2CC(=O)N(c3ccc(OC)cc3)C2)nc2ccccc21. The van der Waals surface area contributed by atoms with Crippen LogP contribution in [0.1, 0.15) is 25.1 Å². The van der Waals surface area contributed by atoms with E-state index in [1.165, 1.54) is 0 Å². The Bertz CT molecular complexity index is 965. The maximum atomic E-state index is 12.7. The van der Waals surface area contributed by atoms with Crippen molar-refractivity contribution in [2.45, 2.75) is 25.8 Å². The summed E-state index contributed by atoms with van der Waals surface area (Å²) in [5, 5.41) is 0. The van der Waals surface area contributed by atoms with Gasteiger partial charge >= 0.3 is 0 Å². The second kappa shape index (κ2) is 8.02. The molecule has 0 saturated carbocycles. The lowest BCUT2D eigenvalue weighted by Crippen LogP contribution is -2.24. The lowest BCUT2D eigenvalue weighted by atomic mass is 10.1. The molecule has 0 bridgehead atoms. The van der Waals surface area contributed by atoms with E-state index in [-0.39, 0.29) is 11.8 Å². The minimum atomic E-state index is 0.0589. The first-order valence-corrected chi connectivity index (χ1v) is 9.68. The molecule has 1 aromatic heterocycles. The highest BCUT2D eigenvalue weighted by Gasteiger charge is 2.34. The van der Waals surface area contributed by atoms with Crippen molar-refractivity contribution in [2.75, 3.05) is 31.8 Å². The van der Waals surface area contributed by atoms with Crippen LogP contribution in [0.4, 0.5) is 5.69 Å². The minimum absolute atomic E-state index is 0.0589. The van der Waals surface area contributed by atoms with Crippen molar-refractivity contribution in [3.8, 4) is 5.75 Å². The first kappa shape index (κ1) is 18.5. The maximum Gasteiger partial charge on any atom is 0.227 e. The summed E-state index contributed by atoms with van der Waals surface area (Å²) >= 11 is 0. The average molecular weight is 379 g/mol. The third-order valence-corrected chi connectivity index (χ3v) is 5.22. The van der Waals surface area contributed by atoms with Crippen molar-refractivity contribution < 1.29 is 14.3 Å². The van der Waals surface area contributed by atoms with Gasteiger partial charge in [0.05, 0.1) is 24.8 Å². The van der Waals surface area contributed by atoms with Gasteiger partial charge in [-0.15, -0.1) is 0 Å². The number of aromatic nitrogens is 2. The van der Waals surface area contributed by atoms with Crippen LogP contribution in [0.15, 0.2) is 48.5 Å². The largest absolute Gasteiger partial charge is 0.497 e. The molecule has 1 aliphatic rings. The number of benzene rings is 2. The van der Waals surface area contributed by atoms with E-state index >= 15 is 0 Å². The van der Waals surface area contributed by atoms with Crippen LogP contribution in [0, 0.1) is 0 Å². The molecule has 0 N–H and O–H groups in total. The Morgan fingerprint density at radius 3 is 2.68 bits per heavy atom. The molecular weight excluding hydrogens is 354 g/mol. The maximum absolute atomic E-state index is 12.7.